The van der Waals surface area contributed by atoms with Gasteiger partial charge in [0.05, 0.1) is 26.4 Å². The Morgan fingerprint density at radius 3 is 0.784 bits per heavy atom. The van der Waals surface area contributed by atoms with Crippen LogP contribution < -0.4 is 0 Å². The quantitative estimate of drug-likeness (QED) is 0.0222. The molecule has 0 rings (SSSR count). The van der Waals surface area contributed by atoms with E-state index in [0.717, 1.165) is 102 Å². The van der Waals surface area contributed by atoms with Gasteiger partial charge < -0.3 is 33.8 Å². The molecule has 0 aliphatic carbocycles. The van der Waals surface area contributed by atoms with Crippen molar-refractivity contribution in [3.8, 4) is 0 Å². The predicted octanol–water partition coefficient (Wildman–Crippen LogP) is 23.1. The lowest BCUT2D eigenvalue weighted by Crippen LogP contribution is -2.30. The molecule has 3 unspecified atom stereocenters. The molecule has 0 aromatic heterocycles. The van der Waals surface area contributed by atoms with Gasteiger partial charge in [-0.3, -0.25) is 37.3 Å². The summed E-state index contributed by atoms with van der Waals surface area (Å²) in [4.78, 5) is 72.9. The molecule has 97 heavy (non-hydrogen) atoms. The van der Waals surface area contributed by atoms with Gasteiger partial charge in [0.1, 0.15) is 19.3 Å². The van der Waals surface area contributed by atoms with Crippen molar-refractivity contribution in [3.05, 3.63) is 0 Å². The molecule has 0 aromatic carbocycles. The molecular weight excluding hydrogens is 1270 g/mol. The molecule has 0 saturated heterocycles. The van der Waals surface area contributed by atoms with E-state index in [2.05, 4.69) is 41.5 Å². The zero-order chi connectivity index (χ0) is 71.4. The average molecular weight is 1420 g/mol. The Hall–Kier alpha value is -1.94. The van der Waals surface area contributed by atoms with E-state index >= 15 is 0 Å². The summed E-state index contributed by atoms with van der Waals surface area (Å²) in [7, 11) is -9.91. The highest BCUT2D eigenvalue weighted by atomic mass is 31.2. The first-order valence-corrected chi connectivity index (χ1v) is 43.5. The molecule has 17 nitrogen and oxygen atoms in total. The summed E-state index contributed by atoms with van der Waals surface area (Å²) in [5.41, 5.74) is 0. The molecule has 0 radical (unpaired) electrons. The molecule has 0 amide bonds. The zero-order valence-corrected chi connectivity index (χ0v) is 65.2. The minimum atomic E-state index is -4.96. The first kappa shape index (κ1) is 95.1. The molecule has 3 N–H and O–H groups in total. The Morgan fingerprint density at radius 1 is 0.299 bits per heavy atom. The van der Waals surface area contributed by atoms with Crippen LogP contribution in [0.2, 0.25) is 0 Å². The maximum absolute atomic E-state index is 13.1. The van der Waals surface area contributed by atoms with Crippen molar-refractivity contribution in [2.24, 2.45) is 11.8 Å². The number of rotatable bonds is 77. The summed E-state index contributed by atoms with van der Waals surface area (Å²) < 4.78 is 68.6. The van der Waals surface area contributed by atoms with E-state index in [-0.39, 0.29) is 25.7 Å². The number of unbranched alkanes of at least 4 members (excludes halogenated alkanes) is 46. The third-order valence-corrected chi connectivity index (χ3v) is 20.5. The standard InChI is InChI=1S/C78H152O17P2/c1-7-10-12-14-16-18-20-21-22-23-24-28-32-36-43-49-55-61-76(81)89-66-73(94-77(82)62-56-50-44-37-33-29-26-25-27-31-34-40-46-52-58-70(4)5)68-92-96(84,85)90-64-72(79)65-91-97(86,87)93-69-74(67-88-75(80)60-54-48-42-35-30-19-17-15-13-11-8-2)95-78(83)63-57-51-45-39-38-41-47-53-59-71(6)9-3/h70-74,79H,7-69H2,1-6H3,(H,84,85)(H,86,87)/t71?,72-,73-,74-/m1/s1. The first-order valence-electron chi connectivity index (χ1n) is 40.5. The Bertz CT molecular complexity index is 1870. The van der Waals surface area contributed by atoms with Gasteiger partial charge in [-0.15, -0.1) is 0 Å². The van der Waals surface area contributed by atoms with Gasteiger partial charge in [0.25, 0.3) is 0 Å². The Balaban J connectivity index is 5.25. The number of ether oxygens (including phenoxy) is 4. The van der Waals surface area contributed by atoms with Gasteiger partial charge in [0.15, 0.2) is 12.2 Å². The highest BCUT2D eigenvalue weighted by Gasteiger charge is 2.30. The van der Waals surface area contributed by atoms with Crippen LogP contribution in [-0.2, 0) is 65.4 Å². The van der Waals surface area contributed by atoms with Crippen LogP contribution in [0.15, 0.2) is 0 Å². The Morgan fingerprint density at radius 2 is 0.526 bits per heavy atom. The Labute approximate surface area is 594 Å². The maximum atomic E-state index is 13.1. The topological polar surface area (TPSA) is 237 Å². The van der Waals surface area contributed by atoms with Crippen molar-refractivity contribution in [1.82, 2.24) is 0 Å². The van der Waals surface area contributed by atoms with Gasteiger partial charge in [-0.25, -0.2) is 9.13 Å². The molecule has 0 aliphatic rings. The number of carbonyl (C=O) groups is 4. The van der Waals surface area contributed by atoms with Gasteiger partial charge in [-0.1, -0.05) is 356 Å². The van der Waals surface area contributed by atoms with Gasteiger partial charge in [-0.05, 0) is 37.5 Å². The molecule has 0 fully saturated rings. The number of esters is 4. The van der Waals surface area contributed by atoms with E-state index < -0.39 is 97.5 Å². The minimum absolute atomic E-state index is 0.105. The fourth-order valence-electron chi connectivity index (χ4n) is 12.0. The summed E-state index contributed by atoms with van der Waals surface area (Å²) in [6.45, 7) is 9.63. The average Bonchev–Trinajstić information content (AvgIpc) is 1.39. The summed E-state index contributed by atoms with van der Waals surface area (Å²) in [5, 5.41) is 10.6. The van der Waals surface area contributed by atoms with E-state index in [9.17, 15) is 43.2 Å². The van der Waals surface area contributed by atoms with E-state index in [4.69, 9.17) is 37.0 Å². The van der Waals surface area contributed by atoms with Crippen LogP contribution in [0.1, 0.15) is 408 Å². The Kier molecular flexibility index (Phi) is 68.4. The maximum Gasteiger partial charge on any atom is 0.472 e. The molecule has 0 heterocycles. The molecule has 576 valence electrons. The van der Waals surface area contributed by atoms with Crippen molar-refractivity contribution in [2.45, 2.75) is 426 Å². The third-order valence-electron chi connectivity index (χ3n) is 18.6. The van der Waals surface area contributed by atoms with Crippen molar-refractivity contribution < 1.29 is 80.2 Å². The van der Waals surface area contributed by atoms with Crippen molar-refractivity contribution in [3.63, 3.8) is 0 Å². The molecule has 0 aliphatic heterocycles. The second kappa shape index (κ2) is 69.8. The minimum Gasteiger partial charge on any atom is -0.462 e. The molecule has 0 saturated carbocycles. The van der Waals surface area contributed by atoms with Crippen LogP contribution in [0.25, 0.3) is 0 Å². The molecule has 0 bridgehead atoms. The van der Waals surface area contributed by atoms with Gasteiger partial charge in [0, 0.05) is 25.7 Å². The second-order valence-corrected chi connectivity index (χ2v) is 31.7. The molecule has 0 aromatic rings. The predicted molar refractivity (Wildman–Crippen MR) is 395 cm³/mol. The van der Waals surface area contributed by atoms with E-state index in [0.29, 0.717) is 25.7 Å². The summed E-state index contributed by atoms with van der Waals surface area (Å²) >= 11 is 0. The number of phosphoric acid groups is 2. The summed E-state index contributed by atoms with van der Waals surface area (Å²) in [6, 6.07) is 0. The third kappa shape index (κ3) is 70.9. The zero-order valence-electron chi connectivity index (χ0n) is 63.4. The monoisotopic (exact) mass is 1420 g/mol. The number of carbonyl (C=O) groups excluding carboxylic acids is 4. The lowest BCUT2D eigenvalue weighted by Gasteiger charge is -2.21. The molecule has 0 spiro atoms. The summed E-state index contributed by atoms with van der Waals surface area (Å²) in [6.07, 6.45) is 58.1. The number of phosphoric ester groups is 2. The van der Waals surface area contributed by atoms with Crippen LogP contribution in [0.4, 0.5) is 0 Å². The SMILES string of the molecule is CCCCCCCCCCCCCCCCCCCC(=O)OC[C@H](COP(=O)(O)OC[C@@H](O)COP(=O)(O)OC[C@@H](COC(=O)CCCCCCCCCCCCC)OC(=O)CCCCCCCCCCC(C)CC)OC(=O)CCCCCCCCCCCCCCCCC(C)C. The molecular formula is C78H152O17P2. The van der Waals surface area contributed by atoms with Crippen LogP contribution in [0, 0.1) is 11.8 Å². The van der Waals surface area contributed by atoms with Gasteiger partial charge in [-0.2, -0.15) is 0 Å². The normalized spacial score (nSPS) is 14.2. The van der Waals surface area contributed by atoms with Crippen LogP contribution in [0.5, 0.6) is 0 Å². The van der Waals surface area contributed by atoms with Gasteiger partial charge in [0.2, 0.25) is 0 Å². The number of aliphatic hydroxyl groups excluding tert-OH is 1. The number of hydrogen-bond acceptors (Lipinski definition) is 15. The van der Waals surface area contributed by atoms with E-state index in [1.807, 2.05) is 0 Å². The highest BCUT2D eigenvalue weighted by Crippen LogP contribution is 2.45. The summed E-state index contributed by atoms with van der Waals surface area (Å²) in [5.74, 6) is -0.548. The van der Waals surface area contributed by atoms with Crippen LogP contribution in [-0.4, -0.2) is 96.7 Å². The number of hydrogen-bond donors (Lipinski definition) is 3. The van der Waals surface area contributed by atoms with E-state index in [1.54, 1.807) is 0 Å². The first-order chi connectivity index (χ1) is 46.9. The lowest BCUT2D eigenvalue weighted by molar-refractivity contribution is -0.161. The lowest BCUT2D eigenvalue weighted by atomic mass is 9.99. The fraction of sp³-hybridized carbons (Fsp3) is 0.949. The van der Waals surface area contributed by atoms with Crippen molar-refractivity contribution in [2.75, 3.05) is 39.6 Å². The number of aliphatic hydroxyl groups is 1. The van der Waals surface area contributed by atoms with Gasteiger partial charge >= 0.3 is 39.5 Å². The van der Waals surface area contributed by atoms with Crippen LogP contribution >= 0.6 is 15.6 Å². The highest BCUT2D eigenvalue weighted by molar-refractivity contribution is 7.47. The van der Waals surface area contributed by atoms with E-state index in [1.165, 1.54) is 225 Å². The largest absolute Gasteiger partial charge is 0.472 e. The smallest absolute Gasteiger partial charge is 0.462 e. The molecule has 19 heteroatoms. The van der Waals surface area contributed by atoms with Crippen molar-refractivity contribution in [1.29, 1.82) is 0 Å². The van der Waals surface area contributed by atoms with Crippen molar-refractivity contribution >= 4 is 39.5 Å². The fourth-order valence-corrected chi connectivity index (χ4v) is 13.6. The molecule has 6 atom stereocenters. The second-order valence-electron chi connectivity index (χ2n) is 28.8. The van der Waals surface area contributed by atoms with Crippen LogP contribution in [0.3, 0.4) is 0 Å².